The lowest BCUT2D eigenvalue weighted by molar-refractivity contribution is -0.0209. The van der Waals surface area contributed by atoms with Crippen molar-refractivity contribution in [3.63, 3.8) is 0 Å². The molecule has 3 aromatic carbocycles. The lowest BCUT2D eigenvalue weighted by Gasteiger charge is -2.38. The first-order valence-corrected chi connectivity index (χ1v) is 10.7. The Morgan fingerprint density at radius 1 is 0.818 bits per heavy atom. The maximum Gasteiger partial charge on any atom is 0.214 e. The number of rotatable bonds is 6. The zero-order valence-electron chi connectivity index (χ0n) is 19.1. The molecule has 0 fully saturated rings. The van der Waals surface area contributed by atoms with E-state index >= 15 is 0 Å². The Kier molecular flexibility index (Phi) is 5.46. The van der Waals surface area contributed by atoms with Gasteiger partial charge in [0.05, 0.1) is 40.2 Å². The van der Waals surface area contributed by atoms with Gasteiger partial charge in [-0.15, -0.1) is 0 Å². The number of para-hydroxylation sites is 1. The van der Waals surface area contributed by atoms with Gasteiger partial charge in [0, 0.05) is 23.1 Å². The van der Waals surface area contributed by atoms with E-state index in [-0.39, 0.29) is 6.04 Å². The fourth-order valence-electron chi connectivity index (χ4n) is 4.42. The smallest absolute Gasteiger partial charge is 0.214 e. The minimum Gasteiger partial charge on any atom is -0.497 e. The Labute approximate surface area is 193 Å². The number of nitrogens with zero attached hydrogens (tertiary/aromatic N) is 2. The summed E-state index contributed by atoms with van der Waals surface area (Å²) in [5.74, 6) is 3.62. The Hall–Kier alpha value is -3.87. The van der Waals surface area contributed by atoms with Crippen LogP contribution in [0.5, 0.6) is 28.7 Å². The summed E-state index contributed by atoms with van der Waals surface area (Å²) in [7, 11) is 6.58. The van der Waals surface area contributed by atoms with Crippen LogP contribution in [0.25, 0.3) is 0 Å². The molecular formula is C26H26N2O5. The monoisotopic (exact) mass is 446 g/mol. The molecule has 2 aliphatic rings. The van der Waals surface area contributed by atoms with Crippen LogP contribution < -0.4 is 23.7 Å². The minimum absolute atomic E-state index is 0.0130. The van der Waals surface area contributed by atoms with Gasteiger partial charge in [0.1, 0.15) is 5.75 Å². The number of methoxy groups -OCH3 is 4. The molecule has 0 radical (unpaired) electrons. The Bertz CT molecular complexity index is 1190. The summed E-state index contributed by atoms with van der Waals surface area (Å²) in [4.78, 5) is 0. The third-order valence-electron chi connectivity index (χ3n) is 6.12. The van der Waals surface area contributed by atoms with Gasteiger partial charge in [-0.2, -0.15) is 5.10 Å². The van der Waals surface area contributed by atoms with E-state index in [2.05, 4.69) is 6.07 Å². The maximum atomic E-state index is 6.50. The van der Waals surface area contributed by atoms with Crippen LogP contribution in [-0.4, -0.2) is 39.2 Å². The molecule has 0 amide bonds. The highest BCUT2D eigenvalue weighted by atomic mass is 16.5. The lowest BCUT2D eigenvalue weighted by atomic mass is 9.95. The normalized spacial score (nSPS) is 18.5. The Balaban J connectivity index is 1.58. The van der Waals surface area contributed by atoms with Crippen LogP contribution in [0, 0.1) is 0 Å². The highest BCUT2D eigenvalue weighted by Gasteiger charge is 2.42. The van der Waals surface area contributed by atoms with Gasteiger partial charge in [-0.1, -0.05) is 12.1 Å². The molecule has 0 bridgehead atoms. The van der Waals surface area contributed by atoms with Crippen molar-refractivity contribution in [2.45, 2.75) is 18.7 Å². The van der Waals surface area contributed by atoms with E-state index in [0.29, 0.717) is 17.2 Å². The molecule has 3 aromatic rings. The van der Waals surface area contributed by atoms with Crippen LogP contribution in [0.15, 0.2) is 65.8 Å². The van der Waals surface area contributed by atoms with Crippen LogP contribution >= 0.6 is 0 Å². The van der Waals surface area contributed by atoms with Gasteiger partial charge in [0.15, 0.2) is 23.0 Å². The first-order chi connectivity index (χ1) is 16.2. The van der Waals surface area contributed by atoms with Gasteiger partial charge in [0.2, 0.25) is 6.23 Å². The van der Waals surface area contributed by atoms with Crippen molar-refractivity contribution >= 4 is 5.71 Å². The Morgan fingerprint density at radius 3 is 2.27 bits per heavy atom. The van der Waals surface area contributed by atoms with Crippen molar-refractivity contribution in [1.82, 2.24) is 5.01 Å². The summed E-state index contributed by atoms with van der Waals surface area (Å²) in [5.41, 5.74) is 3.98. The van der Waals surface area contributed by atoms with Crippen LogP contribution in [0.1, 0.15) is 35.4 Å². The average molecular weight is 447 g/mol. The van der Waals surface area contributed by atoms with Crippen LogP contribution in [0.4, 0.5) is 0 Å². The van der Waals surface area contributed by atoms with Crippen molar-refractivity contribution in [2.75, 3.05) is 28.4 Å². The Morgan fingerprint density at radius 2 is 1.58 bits per heavy atom. The molecular weight excluding hydrogens is 420 g/mol. The quantitative estimate of drug-likeness (QED) is 0.533. The van der Waals surface area contributed by atoms with E-state index in [1.807, 2.05) is 59.6 Å². The average Bonchev–Trinajstić information content (AvgIpc) is 3.33. The number of hydrogen-bond donors (Lipinski definition) is 0. The third-order valence-corrected chi connectivity index (χ3v) is 6.12. The van der Waals surface area contributed by atoms with Gasteiger partial charge in [-0.05, 0) is 48.5 Å². The summed E-state index contributed by atoms with van der Waals surface area (Å²) in [6.45, 7) is 0. The van der Waals surface area contributed by atoms with Gasteiger partial charge < -0.3 is 23.7 Å². The number of fused-ring (bicyclic) bond motifs is 3. The van der Waals surface area contributed by atoms with Gasteiger partial charge in [-0.25, -0.2) is 5.01 Å². The standard InChI is InChI=1S/C26H26N2O5/c1-29-18-11-8-16(9-12-18)26-28-21(19-6-5-7-23(31-3)25(19)33-26)15-20(27-28)17-10-13-22(30-2)24(14-17)32-4/h5-14,21,26H,15H2,1-4H3/t21-,26+/m1/s1. The SMILES string of the molecule is COc1ccc([C@@H]2Oc3c(OC)cccc3[C@H]3CC(c4ccc(OC)c(OC)c4)=NN32)cc1. The molecule has 2 aliphatic heterocycles. The predicted octanol–water partition coefficient (Wildman–Crippen LogP) is 4.96. The van der Waals surface area contributed by atoms with Crippen molar-refractivity contribution in [2.24, 2.45) is 5.10 Å². The second-order valence-corrected chi connectivity index (χ2v) is 7.84. The summed E-state index contributed by atoms with van der Waals surface area (Å²) < 4.78 is 28.3. The third kappa shape index (κ3) is 3.59. The van der Waals surface area contributed by atoms with Crippen molar-refractivity contribution in [3.05, 3.63) is 77.4 Å². The molecule has 7 nitrogen and oxygen atoms in total. The van der Waals surface area contributed by atoms with E-state index in [1.54, 1.807) is 28.4 Å². The molecule has 0 saturated carbocycles. The summed E-state index contributed by atoms with van der Waals surface area (Å²) in [6, 6.07) is 19.7. The molecule has 0 spiro atoms. The summed E-state index contributed by atoms with van der Waals surface area (Å²) >= 11 is 0. The lowest BCUT2D eigenvalue weighted by Crippen LogP contribution is -2.33. The number of benzene rings is 3. The zero-order chi connectivity index (χ0) is 22.9. The molecule has 0 saturated heterocycles. The second kappa shape index (κ2) is 8.58. The maximum absolute atomic E-state index is 6.50. The molecule has 0 aromatic heterocycles. The molecule has 0 N–H and O–H groups in total. The molecule has 2 heterocycles. The molecule has 7 heteroatoms. The van der Waals surface area contributed by atoms with Crippen LogP contribution in [0.3, 0.4) is 0 Å². The van der Waals surface area contributed by atoms with Crippen molar-refractivity contribution in [3.8, 4) is 28.7 Å². The molecule has 5 rings (SSSR count). The number of hydrogen-bond acceptors (Lipinski definition) is 7. The molecule has 33 heavy (non-hydrogen) atoms. The fourth-order valence-corrected chi connectivity index (χ4v) is 4.42. The van der Waals surface area contributed by atoms with Crippen LogP contribution in [0.2, 0.25) is 0 Å². The van der Waals surface area contributed by atoms with Gasteiger partial charge in [0.25, 0.3) is 0 Å². The van der Waals surface area contributed by atoms with Gasteiger partial charge in [-0.3, -0.25) is 0 Å². The van der Waals surface area contributed by atoms with Crippen molar-refractivity contribution in [1.29, 1.82) is 0 Å². The fraction of sp³-hybridized carbons (Fsp3) is 0.269. The largest absolute Gasteiger partial charge is 0.497 e. The second-order valence-electron chi connectivity index (χ2n) is 7.84. The topological polar surface area (TPSA) is 61.8 Å². The van der Waals surface area contributed by atoms with E-state index in [0.717, 1.165) is 40.3 Å². The number of hydrazone groups is 1. The van der Waals surface area contributed by atoms with E-state index in [4.69, 9.17) is 28.8 Å². The highest BCUT2D eigenvalue weighted by molar-refractivity contribution is 6.02. The van der Waals surface area contributed by atoms with E-state index < -0.39 is 6.23 Å². The first-order valence-electron chi connectivity index (χ1n) is 10.7. The molecule has 0 unspecified atom stereocenters. The molecule has 2 atom stereocenters. The summed E-state index contributed by atoms with van der Waals surface area (Å²) in [5, 5.41) is 7.06. The zero-order valence-corrected chi connectivity index (χ0v) is 19.1. The predicted molar refractivity (Wildman–Crippen MR) is 125 cm³/mol. The summed E-state index contributed by atoms with van der Waals surface area (Å²) in [6.07, 6.45) is 0.327. The van der Waals surface area contributed by atoms with Gasteiger partial charge >= 0.3 is 0 Å². The highest BCUT2D eigenvalue weighted by Crippen LogP contribution is 2.51. The van der Waals surface area contributed by atoms with Crippen LogP contribution in [-0.2, 0) is 0 Å². The van der Waals surface area contributed by atoms with E-state index in [1.165, 1.54) is 0 Å². The number of ether oxygens (including phenoxy) is 5. The minimum atomic E-state index is -0.401. The first kappa shape index (κ1) is 21.0. The molecule has 0 aliphatic carbocycles. The van der Waals surface area contributed by atoms with Crippen molar-refractivity contribution < 1.29 is 23.7 Å². The molecule has 170 valence electrons. The van der Waals surface area contributed by atoms with E-state index in [9.17, 15) is 0 Å².